The lowest BCUT2D eigenvalue weighted by Gasteiger charge is -2.03. The van der Waals surface area contributed by atoms with Crippen LogP contribution >= 0.6 is 11.8 Å². The zero-order chi connectivity index (χ0) is 8.43. The number of hydrogen-bond acceptors (Lipinski definition) is 4. The lowest BCUT2D eigenvalue weighted by Crippen LogP contribution is -2.04. The third kappa shape index (κ3) is 1.98. The van der Waals surface area contributed by atoms with Crippen molar-refractivity contribution in [2.24, 2.45) is 10.7 Å². The molecule has 1 rings (SSSR count). The van der Waals surface area contributed by atoms with Crippen LogP contribution in [0.25, 0.3) is 0 Å². The maximum atomic E-state index is 10.9. The molecule has 4 nitrogen and oxygen atoms in total. The Kier molecular flexibility index (Phi) is 2.19. The number of nitrogens with zero attached hydrogens (tertiary/aromatic N) is 2. The molecule has 0 aliphatic carbocycles. The smallest absolute Gasteiger partial charge is 0.287 e. The van der Waals surface area contributed by atoms with Crippen molar-refractivity contribution < 1.29 is 4.79 Å². The van der Waals surface area contributed by atoms with Gasteiger partial charge < -0.3 is 10.6 Å². The Morgan fingerprint density at radius 3 is 2.64 bits per heavy atom. The van der Waals surface area contributed by atoms with Crippen molar-refractivity contribution in [1.29, 1.82) is 0 Å². The predicted molar refractivity (Wildman–Crippen MR) is 46.0 cm³/mol. The van der Waals surface area contributed by atoms with E-state index in [-0.39, 0.29) is 5.91 Å². The SMILES string of the molecule is CN(C)/C=C1/SC(N)=NC1=O. The minimum atomic E-state index is -0.249. The average molecular weight is 171 g/mol. The van der Waals surface area contributed by atoms with Crippen LogP contribution in [0.2, 0.25) is 0 Å². The summed E-state index contributed by atoms with van der Waals surface area (Å²) in [5, 5.41) is 0.322. The minimum absolute atomic E-state index is 0.249. The van der Waals surface area contributed by atoms with Crippen molar-refractivity contribution in [3.05, 3.63) is 11.1 Å². The lowest BCUT2D eigenvalue weighted by molar-refractivity contribution is -0.113. The van der Waals surface area contributed by atoms with E-state index in [9.17, 15) is 4.79 Å². The predicted octanol–water partition coefficient (Wildman–Crippen LogP) is -0.0225. The molecule has 1 aliphatic rings. The van der Waals surface area contributed by atoms with Crippen LogP contribution in [-0.4, -0.2) is 30.1 Å². The van der Waals surface area contributed by atoms with E-state index in [1.807, 2.05) is 14.1 Å². The quantitative estimate of drug-likeness (QED) is 0.563. The van der Waals surface area contributed by atoms with E-state index in [4.69, 9.17) is 5.73 Å². The van der Waals surface area contributed by atoms with Crippen LogP contribution in [0.1, 0.15) is 0 Å². The summed E-state index contributed by atoms with van der Waals surface area (Å²) in [4.78, 5) is 16.8. The van der Waals surface area contributed by atoms with E-state index >= 15 is 0 Å². The fourth-order valence-corrected chi connectivity index (χ4v) is 1.40. The highest BCUT2D eigenvalue weighted by Gasteiger charge is 2.19. The van der Waals surface area contributed by atoms with Crippen LogP contribution in [-0.2, 0) is 4.79 Å². The first-order valence-electron chi connectivity index (χ1n) is 3.04. The molecule has 0 spiro atoms. The fourth-order valence-electron chi connectivity index (χ4n) is 0.650. The molecule has 0 unspecified atom stereocenters. The van der Waals surface area contributed by atoms with E-state index < -0.39 is 0 Å². The molecule has 60 valence electrons. The minimum Gasteiger partial charge on any atom is -0.382 e. The van der Waals surface area contributed by atoms with Crippen molar-refractivity contribution in [3.8, 4) is 0 Å². The molecular weight excluding hydrogens is 162 g/mol. The van der Waals surface area contributed by atoms with Gasteiger partial charge in [-0.25, -0.2) is 0 Å². The first kappa shape index (κ1) is 8.13. The van der Waals surface area contributed by atoms with Gasteiger partial charge in [0.25, 0.3) is 5.91 Å². The number of thioether (sulfide) groups is 1. The van der Waals surface area contributed by atoms with Crippen LogP contribution < -0.4 is 5.73 Å². The maximum Gasteiger partial charge on any atom is 0.287 e. The van der Waals surface area contributed by atoms with Crippen LogP contribution in [0.5, 0.6) is 0 Å². The molecule has 11 heavy (non-hydrogen) atoms. The number of nitrogens with two attached hydrogens (primary N) is 1. The molecule has 0 aromatic rings. The summed E-state index contributed by atoms with van der Waals surface area (Å²) in [5.74, 6) is -0.249. The Balaban J connectivity index is 2.74. The van der Waals surface area contributed by atoms with Gasteiger partial charge in [0.1, 0.15) is 0 Å². The highest BCUT2D eigenvalue weighted by atomic mass is 32.2. The van der Waals surface area contributed by atoms with Gasteiger partial charge in [-0.15, -0.1) is 0 Å². The third-order valence-corrected chi connectivity index (χ3v) is 1.81. The van der Waals surface area contributed by atoms with Crippen LogP contribution in [0.15, 0.2) is 16.1 Å². The van der Waals surface area contributed by atoms with Gasteiger partial charge in [0.15, 0.2) is 5.17 Å². The molecule has 0 radical (unpaired) electrons. The summed E-state index contributed by atoms with van der Waals surface area (Å²) in [6.45, 7) is 0. The molecule has 0 aromatic carbocycles. The van der Waals surface area contributed by atoms with Gasteiger partial charge in [-0.3, -0.25) is 4.79 Å². The Hall–Kier alpha value is -0.970. The van der Waals surface area contributed by atoms with Crippen LogP contribution in [0, 0.1) is 0 Å². The Bertz CT molecular complexity index is 244. The van der Waals surface area contributed by atoms with Gasteiger partial charge >= 0.3 is 0 Å². The third-order valence-electron chi connectivity index (χ3n) is 1.01. The van der Waals surface area contributed by atoms with Gasteiger partial charge in [0, 0.05) is 20.3 Å². The standard InChI is InChI=1S/C6H9N3OS/c1-9(2)3-4-5(10)8-6(7)11-4/h3H,1-2H3,(H2,7,8,10)/b4-3+. The van der Waals surface area contributed by atoms with Crippen LogP contribution in [0.4, 0.5) is 0 Å². The zero-order valence-corrected chi connectivity index (χ0v) is 7.18. The van der Waals surface area contributed by atoms with Gasteiger partial charge in [0.05, 0.1) is 4.91 Å². The van der Waals surface area contributed by atoms with Crippen molar-refractivity contribution in [3.63, 3.8) is 0 Å². The Labute approximate surface area is 69.1 Å². The largest absolute Gasteiger partial charge is 0.382 e. The molecule has 1 heterocycles. The molecule has 0 atom stereocenters. The number of aliphatic imine (C=N–C) groups is 1. The molecule has 1 amide bonds. The Morgan fingerprint density at radius 2 is 2.27 bits per heavy atom. The van der Waals surface area contributed by atoms with Crippen molar-refractivity contribution in [1.82, 2.24) is 4.90 Å². The zero-order valence-electron chi connectivity index (χ0n) is 6.37. The molecule has 2 N–H and O–H groups in total. The number of hydrogen-bond donors (Lipinski definition) is 1. The molecule has 5 heteroatoms. The summed E-state index contributed by atoms with van der Waals surface area (Å²) in [7, 11) is 3.69. The number of amidine groups is 1. The lowest BCUT2D eigenvalue weighted by atomic mass is 10.5. The van der Waals surface area contributed by atoms with E-state index in [0.717, 1.165) is 0 Å². The second-order valence-corrected chi connectivity index (χ2v) is 3.38. The molecule has 0 saturated carbocycles. The second-order valence-electron chi connectivity index (χ2n) is 2.31. The van der Waals surface area contributed by atoms with Crippen molar-refractivity contribution >= 4 is 22.8 Å². The number of rotatable bonds is 1. The highest BCUT2D eigenvalue weighted by Crippen LogP contribution is 2.23. The first-order valence-corrected chi connectivity index (χ1v) is 3.86. The highest BCUT2D eigenvalue weighted by molar-refractivity contribution is 8.18. The molecular formula is C6H9N3OS. The van der Waals surface area contributed by atoms with Gasteiger partial charge in [-0.05, 0) is 11.8 Å². The van der Waals surface area contributed by atoms with Gasteiger partial charge in [-0.1, -0.05) is 0 Å². The maximum absolute atomic E-state index is 10.9. The topological polar surface area (TPSA) is 58.7 Å². The summed E-state index contributed by atoms with van der Waals surface area (Å²) >= 11 is 1.20. The van der Waals surface area contributed by atoms with E-state index in [1.165, 1.54) is 11.8 Å². The number of amides is 1. The second kappa shape index (κ2) is 2.96. The van der Waals surface area contributed by atoms with Crippen molar-refractivity contribution in [2.75, 3.05) is 14.1 Å². The first-order chi connectivity index (χ1) is 5.09. The number of carbonyl (C=O) groups is 1. The molecule has 0 bridgehead atoms. The summed E-state index contributed by atoms with van der Waals surface area (Å²) in [6, 6.07) is 0. The monoisotopic (exact) mass is 171 g/mol. The molecule has 0 fully saturated rings. The normalized spacial score (nSPS) is 20.7. The molecule has 1 aliphatic heterocycles. The average Bonchev–Trinajstić information content (AvgIpc) is 2.09. The fraction of sp³-hybridized carbons (Fsp3) is 0.333. The summed E-state index contributed by atoms with van der Waals surface area (Å²) in [5.41, 5.74) is 5.32. The molecule has 0 saturated heterocycles. The molecule has 0 aromatic heterocycles. The Morgan fingerprint density at radius 1 is 1.64 bits per heavy atom. The van der Waals surface area contributed by atoms with Gasteiger partial charge in [-0.2, -0.15) is 4.99 Å². The van der Waals surface area contributed by atoms with Crippen LogP contribution in [0.3, 0.4) is 0 Å². The van der Waals surface area contributed by atoms with Crippen molar-refractivity contribution in [2.45, 2.75) is 0 Å². The summed E-state index contributed by atoms with van der Waals surface area (Å²) < 4.78 is 0. The van der Waals surface area contributed by atoms with Gasteiger partial charge in [0.2, 0.25) is 0 Å². The summed E-state index contributed by atoms with van der Waals surface area (Å²) in [6.07, 6.45) is 1.70. The van der Waals surface area contributed by atoms with E-state index in [0.29, 0.717) is 10.1 Å². The van der Waals surface area contributed by atoms with E-state index in [2.05, 4.69) is 4.99 Å². The number of carbonyl (C=O) groups excluding carboxylic acids is 1. The van der Waals surface area contributed by atoms with E-state index in [1.54, 1.807) is 11.1 Å².